The smallest absolute Gasteiger partial charge is 0.124 e. The largest absolute Gasteiger partial charge is 0.496 e. The molecule has 2 unspecified atom stereocenters. The molecule has 2 N–H and O–H groups in total. The van der Waals surface area contributed by atoms with Crippen molar-refractivity contribution in [1.82, 2.24) is 0 Å². The number of anilines is 1. The lowest BCUT2D eigenvalue weighted by Gasteiger charge is -2.38. The lowest BCUT2D eigenvalue weighted by molar-refractivity contribution is 0.337. The van der Waals surface area contributed by atoms with Gasteiger partial charge < -0.3 is 15.4 Å². The molecule has 3 rings (SSSR count). The zero-order chi connectivity index (χ0) is 11.8. The van der Waals surface area contributed by atoms with Gasteiger partial charge >= 0.3 is 0 Å². The molecule has 3 nitrogen and oxygen atoms in total. The van der Waals surface area contributed by atoms with Gasteiger partial charge in [0.05, 0.1) is 7.11 Å². The van der Waals surface area contributed by atoms with Crippen LogP contribution in [0.2, 0.25) is 0 Å². The van der Waals surface area contributed by atoms with Crippen LogP contribution in [0.3, 0.4) is 0 Å². The summed E-state index contributed by atoms with van der Waals surface area (Å²) < 4.78 is 5.47. The lowest BCUT2D eigenvalue weighted by atomic mass is 9.88. The highest BCUT2D eigenvalue weighted by Gasteiger charge is 2.38. The van der Waals surface area contributed by atoms with Gasteiger partial charge in [-0.1, -0.05) is 6.07 Å². The van der Waals surface area contributed by atoms with E-state index in [1.54, 1.807) is 7.11 Å². The van der Waals surface area contributed by atoms with Crippen molar-refractivity contribution in [3.8, 4) is 5.75 Å². The first-order valence-corrected chi connectivity index (χ1v) is 6.47. The third-order valence-corrected chi connectivity index (χ3v) is 4.27. The minimum Gasteiger partial charge on any atom is -0.496 e. The summed E-state index contributed by atoms with van der Waals surface area (Å²) in [4.78, 5) is 2.54. The van der Waals surface area contributed by atoms with Gasteiger partial charge in [-0.05, 0) is 43.9 Å². The molecule has 1 aromatic rings. The molecular formula is C14H20N2O. The Morgan fingerprint density at radius 1 is 1.47 bits per heavy atom. The number of piperidine rings is 1. The second kappa shape index (κ2) is 4.22. The number of methoxy groups -OCH3 is 1. The second-order valence-electron chi connectivity index (χ2n) is 5.06. The topological polar surface area (TPSA) is 38.5 Å². The molecule has 17 heavy (non-hydrogen) atoms. The number of nitrogens with zero attached hydrogens (tertiary/aromatic N) is 1. The number of fused-ring (bicyclic) bond motifs is 3. The van der Waals surface area contributed by atoms with E-state index >= 15 is 0 Å². The fourth-order valence-electron chi connectivity index (χ4n) is 3.42. The first-order chi connectivity index (χ1) is 8.35. The minimum absolute atomic E-state index is 0.597. The van der Waals surface area contributed by atoms with Gasteiger partial charge in [0.15, 0.2) is 0 Å². The molecule has 2 aliphatic rings. The van der Waals surface area contributed by atoms with Crippen molar-refractivity contribution in [3.63, 3.8) is 0 Å². The van der Waals surface area contributed by atoms with E-state index in [4.69, 9.17) is 10.5 Å². The van der Waals surface area contributed by atoms with E-state index < -0.39 is 0 Å². The van der Waals surface area contributed by atoms with Crippen LogP contribution in [-0.2, 0) is 6.42 Å². The number of nitrogens with two attached hydrogens (primary N) is 1. The summed E-state index contributed by atoms with van der Waals surface area (Å²) in [5.41, 5.74) is 8.65. The summed E-state index contributed by atoms with van der Waals surface area (Å²) in [5.74, 6) is 1.67. The van der Waals surface area contributed by atoms with E-state index in [-0.39, 0.29) is 0 Å². The molecule has 92 valence electrons. The Hall–Kier alpha value is -1.22. The highest BCUT2D eigenvalue weighted by atomic mass is 16.5. The minimum atomic E-state index is 0.597. The molecule has 0 bridgehead atoms. The van der Waals surface area contributed by atoms with Crippen molar-refractivity contribution in [1.29, 1.82) is 0 Å². The Morgan fingerprint density at radius 2 is 2.35 bits per heavy atom. The van der Waals surface area contributed by atoms with Gasteiger partial charge in [-0.2, -0.15) is 0 Å². The van der Waals surface area contributed by atoms with Crippen LogP contribution in [0.15, 0.2) is 18.2 Å². The maximum Gasteiger partial charge on any atom is 0.124 e. The molecule has 0 amide bonds. The van der Waals surface area contributed by atoms with Gasteiger partial charge in [0, 0.05) is 23.8 Å². The van der Waals surface area contributed by atoms with Gasteiger partial charge in [0.1, 0.15) is 5.75 Å². The van der Waals surface area contributed by atoms with Crippen LogP contribution in [0.4, 0.5) is 5.69 Å². The van der Waals surface area contributed by atoms with E-state index in [0.29, 0.717) is 12.0 Å². The summed E-state index contributed by atoms with van der Waals surface area (Å²) >= 11 is 0. The maximum absolute atomic E-state index is 5.91. The van der Waals surface area contributed by atoms with Crippen molar-refractivity contribution in [2.45, 2.75) is 25.3 Å². The van der Waals surface area contributed by atoms with Gasteiger partial charge in [-0.3, -0.25) is 0 Å². The predicted molar refractivity (Wildman–Crippen MR) is 69.6 cm³/mol. The Morgan fingerprint density at radius 3 is 3.12 bits per heavy atom. The fraction of sp³-hybridized carbons (Fsp3) is 0.571. The third-order valence-electron chi connectivity index (χ3n) is 4.27. The van der Waals surface area contributed by atoms with Crippen LogP contribution in [0.5, 0.6) is 5.75 Å². The standard InChI is InChI=1S/C14H20N2O/c1-17-14-6-2-5-12-11(14)8-13-10(9-15)4-3-7-16(12)13/h2,5-6,10,13H,3-4,7-9,15H2,1H3. The van der Waals surface area contributed by atoms with Gasteiger partial charge in [0.25, 0.3) is 0 Å². The molecule has 1 saturated heterocycles. The van der Waals surface area contributed by atoms with E-state index in [0.717, 1.165) is 18.7 Å². The number of hydrogen-bond acceptors (Lipinski definition) is 3. The van der Waals surface area contributed by atoms with Crippen LogP contribution in [0.1, 0.15) is 18.4 Å². The summed E-state index contributed by atoms with van der Waals surface area (Å²) in [6.45, 7) is 1.97. The normalized spacial score (nSPS) is 26.6. The Labute approximate surface area is 103 Å². The SMILES string of the molecule is COc1cccc2c1CC1C(CN)CCCN21. The van der Waals surface area contributed by atoms with Crippen molar-refractivity contribution in [2.75, 3.05) is 25.1 Å². The molecule has 2 atom stereocenters. The van der Waals surface area contributed by atoms with Crippen molar-refractivity contribution in [2.24, 2.45) is 11.7 Å². The molecule has 0 radical (unpaired) electrons. The molecule has 1 fully saturated rings. The molecule has 2 heterocycles. The maximum atomic E-state index is 5.91. The zero-order valence-corrected chi connectivity index (χ0v) is 10.4. The summed E-state index contributed by atoms with van der Waals surface area (Å²) in [6.07, 6.45) is 3.63. The Balaban J connectivity index is 1.98. The fourth-order valence-corrected chi connectivity index (χ4v) is 3.42. The molecule has 3 heteroatoms. The Bertz CT molecular complexity index is 419. The second-order valence-corrected chi connectivity index (χ2v) is 5.06. The summed E-state index contributed by atoms with van der Waals surface area (Å²) in [7, 11) is 1.76. The van der Waals surface area contributed by atoms with Crippen LogP contribution < -0.4 is 15.4 Å². The van der Waals surface area contributed by atoms with Crippen LogP contribution in [0, 0.1) is 5.92 Å². The third kappa shape index (κ3) is 1.61. The van der Waals surface area contributed by atoms with Crippen molar-refractivity contribution in [3.05, 3.63) is 23.8 Å². The zero-order valence-electron chi connectivity index (χ0n) is 10.4. The monoisotopic (exact) mass is 232 g/mol. The van der Waals surface area contributed by atoms with Gasteiger partial charge in [-0.25, -0.2) is 0 Å². The summed E-state index contributed by atoms with van der Waals surface area (Å²) in [5, 5.41) is 0. The number of ether oxygens (including phenoxy) is 1. The summed E-state index contributed by atoms with van der Waals surface area (Å²) in [6, 6.07) is 6.97. The highest BCUT2D eigenvalue weighted by molar-refractivity contribution is 5.65. The van der Waals surface area contributed by atoms with E-state index in [9.17, 15) is 0 Å². The van der Waals surface area contributed by atoms with Crippen molar-refractivity contribution < 1.29 is 4.74 Å². The average molecular weight is 232 g/mol. The Kier molecular flexibility index (Phi) is 2.71. The molecule has 1 aromatic carbocycles. The lowest BCUT2D eigenvalue weighted by Crippen LogP contribution is -2.45. The van der Waals surface area contributed by atoms with E-state index in [2.05, 4.69) is 23.1 Å². The first-order valence-electron chi connectivity index (χ1n) is 6.47. The number of benzene rings is 1. The molecule has 0 spiro atoms. The molecule has 2 aliphatic heterocycles. The number of rotatable bonds is 2. The molecule has 0 saturated carbocycles. The predicted octanol–water partition coefficient (Wildman–Crippen LogP) is 1.79. The van der Waals surface area contributed by atoms with E-state index in [1.165, 1.54) is 30.6 Å². The van der Waals surface area contributed by atoms with Gasteiger partial charge in [0.2, 0.25) is 0 Å². The average Bonchev–Trinajstić information content (AvgIpc) is 2.77. The van der Waals surface area contributed by atoms with Crippen LogP contribution in [0.25, 0.3) is 0 Å². The highest BCUT2D eigenvalue weighted by Crippen LogP contribution is 2.42. The molecular weight excluding hydrogens is 212 g/mol. The number of hydrogen-bond donors (Lipinski definition) is 1. The molecule has 0 aromatic heterocycles. The molecule has 0 aliphatic carbocycles. The quantitative estimate of drug-likeness (QED) is 0.845. The van der Waals surface area contributed by atoms with Crippen LogP contribution >= 0.6 is 0 Å². The van der Waals surface area contributed by atoms with E-state index in [1.807, 2.05) is 0 Å². The van der Waals surface area contributed by atoms with Crippen LogP contribution in [-0.4, -0.2) is 26.2 Å². The van der Waals surface area contributed by atoms with Gasteiger partial charge in [-0.15, -0.1) is 0 Å². The van der Waals surface area contributed by atoms with Crippen molar-refractivity contribution >= 4 is 5.69 Å². The first kappa shape index (κ1) is 10.9.